The van der Waals surface area contributed by atoms with Crippen molar-refractivity contribution in [3.8, 4) is 0 Å². The Morgan fingerprint density at radius 2 is 1.76 bits per heavy atom. The van der Waals surface area contributed by atoms with Gasteiger partial charge in [-0.25, -0.2) is 13.2 Å². The summed E-state index contributed by atoms with van der Waals surface area (Å²) in [5, 5.41) is 2.89. The molecule has 1 saturated carbocycles. The van der Waals surface area contributed by atoms with Crippen LogP contribution in [-0.4, -0.2) is 6.04 Å². The summed E-state index contributed by atoms with van der Waals surface area (Å²) in [5.41, 5.74) is 2.44. The van der Waals surface area contributed by atoms with Gasteiger partial charge in [0.2, 0.25) is 0 Å². The number of benzene rings is 2. The summed E-state index contributed by atoms with van der Waals surface area (Å²) in [7, 11) is 0. The van der Waals surface area contributed by atoms with E-state index in [9.17, 15) is 13.2 Å². The second-order valence-corrected chi connectivity index (χ2v) is 5.62. The molecule has 0 heterocycles. The van der Waals surface area contributed by atoms with Crippen LogP contribution < -0.4 is 5.32 Å². The third-order valence-electron chi connectivity index (χ3n) is 4.12. The van der Waals surface area contributed by atoms with Gasteiger partial charge in [0.25, 0.3) is 0 Å². The van der Waals surface area contributed by atoms with Gasteiger partial charge < -0.3 is 5.32 Å². The maximum Gasteiger partial charge on any atom is 0.182 e. The van der Waals surface area contributed by atoms with Crippen molar-refractivity contribution in [1.82, 2.24) is 0 Å². The van der Waals surface area contributed by atoms with E-state index in [1.807, 2.05) is 12.1 Å². The number of anilines is 1. The molecule has 0 bridgehead atoms. The van der Waals surface area contributed by atoms with E-state index in [4.69, 9.17) is 0 Å². The molecule has 2 aromatic carbocycles. The van der Waals surface area contributed by atoms with Crippen LogP contribution in [0.25, 0.3) is 0 Å². The Morgan fingerprint density at radius 3 is 2.48 bits per heavy atom. The van der Waals surface area contributed by atoms with Crippen LogP contribution in [0.4, 0.5) is 18.9 Å². The van der Waals surface area contributed by atoms with Gasteiger partial charge in [-0.3, -0.25) is 0 Å². The lowest BCUT2D eigenvalue weighted by atomic mass is 9.74. The van der Waals surface area contributed by atoms with Crippen LogP contribution in [-0.2, 0) is 0 Å². The summed E-state index contributed by atoms with van der Waals surface area (Å²) in [6.45, 7) is 2.07. The molecule has 0 atom stereocenters. The predicted octanol–water partition coefficient (Wildman–Crippen LogP) is 4.77. The van der Waals surface area contributed by atoms with Crippen LogP contribution >= 0.6 is 0 Å². The Hall–Kier alpha value is -1.97. The highest BCUT2D eigenvalue weighted by Gasteiger charge is 2.31. The van der Waals surface area contributed by atoms with Crippen LogP contribution in [0.2, 0.25) is 0 Å². The first kappa shape index (κ1) is 14.0. The minimum atomic E-state index is -1.16. The molecule has 0 saturated heterocycles. The summed E-state index contributed by atoms with van der Waals surface area (Å²) in [5.74, 6) is -2.53. The molecule has 21 heavy (non-hydrogen) atoms. The maximum atomic E-state index is 13.6. The smallest absolute Gasteiger partial charge is 0.182 e. The van der Waals surface area contributed by atoms with Crippen molar-refractivity contribution < 1.29 is 13.2 Å². The molecule has 0 spiro atoms. The van der Waals surface area contributed by atoms with Gasteiger partial charge in [-0.2, -0.15) is 0 Å². The molecule has 0 radical (unpaired) electrons. The zero-order valence-electron chi connectivity index (χ0n) is 11.7. The molecule has 0 amide bonds. The lowest BCUT2D eigenvalue weighted by Gasteiger charge is -2.37. The normalized spacial score (nSPS) is 21.0. The van der Waals surface area contributed by atoms with Crippen LogP contribution in [0.5, 0.6) is 0 Å². The third kappa shape index (κ3) is 2.75. The first-order chi connectivity index (χ1) is 10.0. The van der Waals surface area contributed by atoms with Crippen LogP contribution in [0.15, 0.2) is 36.4 Å². The maximum absolute atomic E-state index is 13.6. The van der Waals surface area contributed by atoms with Crippen LogP contribution in [0, 0.1) is 24.4 Å². The van der Waals surface area contributed by atoms with E-state index in [0.717, 1.165) is 18.9 Å². The SMILES string of the molecule is Cc1ccccc1C1CC(Nc2cc(F)cc(F)c2F)C1. The van der Waals surface area contributed by atoms with E-state index in [1.165, 1.54) is 11.1 Å². The Labute approximate surface area is 121 Å². The second-order valence-electron chi connectivity index (χ2n) is 5.62. The average molecular weight is 291 g/mol. The van der Waals surface area contributed by atoms with E-state index in [-0.39, 0.29) is 11.7 Å². The highest BCUT2D eigenvalue weighted by atomic mass is 19.2. The summed E-state index contributed by atoms with van der Waals surface area (Å²) < 4.78 is 39.9. The van der Waals surface area contributed by atoms with Gasteiger partial charge in [-0.05, 0) is 36.8 Å². The topological polar surface area (TPSA) is 12.0 Å². The van der Waals surface area contributed by atoms with E-state index in [2.05, 4.69) is 24.4 Å². The fraction of sp³-hybridized carbons (Fsp3) is 0.294. The van der Waals surface area contributed by atoms with Crippen molar-refractivity contribution in [3.63, 3.8) is 0 Å². The van der Waals surface area contributed by atoms with Crippen molar-refractivity contribution in [2.45, 2.75) is 31.7 Å². The standard InChI is InChI=1S/C17H16F3N/c1-10-4-2-3-5-14(10)11-6-13(7-11)21-16-9-12(18)8-15(19)17(16)20/h2-5,8-9,11,13,21H,6-7H2,1H3. The molecule has 0 aliphatic heterocycles. The summed E-state index contributed by atoms with van der Waals surface area (Å²) >= 11 is 0. The van der Waals surface area contributed by atoms with E-state index in [1.54, 1.807) is 0 Å². The minimum absolute atomic E-state index is 0.0466. The van der Waals surface area contributed by atoms with Crippen LogP contribution in [0.1, 0.15) is 29.9 Å². The lowest BCUT2D eigenvalue weighted by molar-refractivity contribution is 0.370. The van der Waals surface area contributed by atoms with Crippen molar-refractivity contribution in [2.75, 3.05) is 5.32 Å². The van der Waals surface area contributed by atoms with E-state index in [0.29, 0.717) is 12.0 Å². The Morgan fingerprint density at radius 1 is 1.05 bits per heavy atom. The number of hydrogen-bond acceptors (Lipinski definition) is 1. The van der Waals surface area contributed by atoms with Crippen molar-refractivity contribution >= 4 is 5.69 Å². The van der Waals surface area contributed by atoms with E-state index < -0.39 is 17.5 Å². The fourth-order valence-electron chi connectivity index (χ4n) is 2.92. The predicted molar refractivity (Wildman–Crippen MR) is 76.9 cm³/mol. The highest BCUT2D eigenvalue weighted by molar-refractivity contribution is 5.47. The first-order valence-corrected chi connectivity index (χ1v) is 7.01. The number of aryl methyl sites for hydroxylation is 1. The molecule has 110 valence electrons. The number of hydrogen-bond donors (Lipinski definition) is 1. The van der Waals surface area contributed by atoms with Crippen LogP contribution in [0.3, 0.4) is 0 Å². The van der Waals surface area contributed by atoms with Gasteiger partial charge in [-0.1, -0.05) is 24.3 Å². The van der Waals surface area contributed by atoms with Gasteiger partial charge in [0.1, 0.15) is 5.82 Å². The van der Waals surface area contributed by atoms with E-state index >= 15 is 0 Å². The lowest BCUT2D eigenvalue weighted by Crippen LogP contribution is -2.34. The van der Waals surface area contributed by atoms with Gasteiger partial charge in [0.05, 0.1) is 5.69 Å². The van der Waals surface area contributed by atoms with Gasteiger partial charge in [0.15, 0.2) is 11.6 Å². The molecule has 1 nitrogen and oxygen atoms in total. The second kappa shape index (κ2) is 5.43. The molecule has 4 heteroatoms. The molecule has 3 rings (SSSR count). The molecule has 1 fully saturated rings. The first-order valence-electron chi connectivity index (χ1n) is 7.01. The van der Waals surface area contributed by atoms with Gasteiger partial charge in [-0.15, -0.1) is 0 Å². The highest BCUT2D eigenvalue weighted by Crippen LogP contribution is 2.40. The Balaban J connectivity index is 1.67. The summed E-state index contributed by atoms with van der Waals surface area (Å²) in [6, 6.07) is 9.76. The quantitative estimate of drug-likeness (QED) is 0.803. The zero-order valence-corrected chi connectivity index (χ0v) is 11.7. The van der Waals surface area contributed by atoms with Crippen molar-refractivity contribution in [2.24, 2.45) is 0 Å². The molecule has 0 aromatic heterocycles. The monoisotopic (exact) mass is 291 g/mol. The average Bonchev–Trinajstić information content (AvgIpc) is 2.40. The zero-order chi connectivity index (χ0) is 15.0. The summed E-state index contributed by atoms with van der Waals surface area (Å²) in [4.78, 5) is 0. The number of nitrogens with one attached hydrogen (secondary N) is 1. The van der Waals surface area contributed by atoms with Crippen molar-refractivity contribution in [3.05, 3.63) is 65.0 Å². The number of halogens is 3. The third-order valence-corrected chi connectivity index (χ3v) is 4.12. The molecule has 1 aliphatic rings. The molecule has 1 aliphatic carbocycles. The van der Waals surface area contributed by atoms with Gasteiger partial charge in [0, 0.05) is 18.2 Å². The van der Waals surface area contributed by atoms with Gasteiger partial charge >= 0.3 is 0 Å². The molecular formula is C17H16F3N. The van der Waals surface area contributed by atoms with Crippen molar-refractivity contribution in [1.29, 1.82) is 0 Å². The largest absolute Gasteiger partial charge is 0.380 e. The molecule has 0 unspecified atom stereocenters. The molecule has 1 N–H and O–H groups in total. The molecular weight excluding hydrogens is 275 g/mol. The Bertz CT molecular complexity index is 663. The Kier molecular flexibility index (Phi) is 3.62. The number of rotatable bonds is 3. The fourth-order valence-corrected chi connectivity index (χ4v) is 2.92. The molecule has 2 aromatic rings. The summed E-state index contributed by atoms with van der Waals surface area (Å²) in [6.07, 6.45) is 1.67. The minimum Gasteiger partial charge on any atom is -0.380 e.